The maximum Gasteiger partial charge on any atom is 0.0678 e. The Labute approximate surface area is 133 Å². The van der Waals surface area contributed by atoms with Crippen molar-refractivity contribution < 1.29 is 5.11 Å². The molecule has 1 fully saturated rings. The van der Waals surface area contributed by atoms with E-state index in [1.807, 2.05) is 6.07 Å². The Morgan fingerprint density at radius 3 is 2.48 bits per heavy atom. The van der Waals surface area contributed by atoms with Crippen molar-refractivity contribution in [3.63, 3.8) is 0 Å². The van der Waals surface area contributed by atoms with E-state index in [0.717, 1.165) is 17.4 Å². The third-order valence-electron chi connectivity index (χ3n) is 4.35. The molecule has 1 aromatic rings. The molecule has 1 aliphatic rings. The summed E-state index contributed by atoms with van der Waals surface area (Å²) in [6, 6.07) is 10.8. The quantitative estimate of drug-likeness (QED) is 0.763. The molecule has 0 bridgehead atoms. The number of aliphatic hydroxyl groups is 1. The Hall–Kier alpha value is -0.510. The molecule has 0 heterocycles. The van der Waals surface area contributed by atoms with Gasteiger partial charge in [-0.3, -0.25) is 0 Å². The molecule has 1 aromatic carbocycles. The SMILES string of the molecule is CC(C)NC(CO)(CCSC1CCCC1)c1ccccc1. The Balaban J connectivity index is 2.03. The molecule has 3 heteroatoms. The van der Waals surface area contributed by atoms with Crippen LogP contribution in [0.2, 0.25) is 0 Å². The van der Waals surface area contributed by atoms with Gasteiger partial charge in [0.2, 0.25) is 0 Å². The van der Waals surface area contributed by atoms with Crippen LogP contribution in [0.25, 0.3) is 0 Å². The minimum atomic E-state index is -0.305. The number of rotatable bonds is 8. The summed E-state index contributed by atoms with van der Waals surface area (Å²) < 4.78 is 0. The molecule has 1 saturated carbocycles. The van der Waals surface area contributed by atoms with Gasteiger partial charge in [0.05, 0.1) is 12.1 Å². The van der Waals surface area contributed by atoms with Gasteiger partial charge in [-0.1, -0.05) is 43.2 Å². The standard InChI is InChI=1S/C18H29NOS/c1-15(2)19-18(14-20,16-8-4-3-5-9-16)12-13-21-17-10-6-7-11-17/h3-5,8-9,15,17,19-20H,6-7,10-14H2,1-2H3. The smallest absolute Gasteiger partial charge is 0.0678 e. The van der Waals surface area contributed by atoms with E-state index in [4.69, 9.17) is 0 Å². The molecular weight excluding hydrogens is 278 g/mol. The molecule has 1 atom stereocenters. The lowest BCUT2D eigenvalue weighted by molar-refractivity contribution is 0.147. The van der Waals surface area contributed by atoms with Gasteiger partial charge in [-0.2, -0.15) is 11.8 Å². The normalized spacial score (nSPS) is 19.0. The number of thioether (sulfide) groups is 1. The summed E-state index contributed by atoms with van der Waals surface area (Å²) in [5, 5.41) is 14.6. The van der Waals surface area contributed by atoms with E-state index in [2.05, 4.69) is 55.2 Å². The fraction of sp³-hybridized carbons (Fsp3) is 0.667. The van der Waals surface area contributed by atoms with Crippen LogP contribution in [0.15, 0.2) is 30.3 Å². The summed E-state index contributed by atoms with van der Waals surface area (Å²) in [6.07, 6.45) is 6.52. The molecule has 1 unspecified atom stereocenters. The van der Waals surface area contributed by atoms with Gasteiger partial charge >= 0.3 is 0 Å². The minimum Gasteiger partial charge on any atom is -0.394 e. The van der Waals surface area contributed by atoms with Crippen LogP contribution in [0.4, 0.5) is 0 Å². The highest BCUT2D eigenvalue weighted by molar-refractivity contribution is 7.99. The summed E-state index contributed by atoms with van der Waals surface area (Å²) in [5.41, 5.74) is 0.898. The third-order valence-corrected chi connectivity index (χ3v) is 5.73. The van der Waals surface area contributed by atoms with Crippen molar-refractivity contribution in [3.05, 3.63) is 35.9 Å². The predicted octanol–water partition coefficient (Wildman–Crippen LogP) is 3.94. The zero-order chi connectivity index (χ0) is 15.1. The summed E-state index contributed by atoms with van der Waals surface area (Å²) in [5.74, 6) is 1.11. The first-order valence-corrected chi connectivity index (χ1v) is 9.27. The first-order valence-electron chi connectivity index (χ1n) is 8.22. The lowest BCUT2D eigenvalue weighted by Crippen LogP contribution is -2.49. The topological polar surface area (TPSA) is 32.3 Å². The van der Waals surface area contributed by atoms with Gasteiger partial charge in [-0.25, -0.2) is 0 Å². The summed E-state index contributed by atoms with van der Waals surface area (Å²) in [6.45, 7) is 4.45. The van der Waals surface area contributed by atoms with Crippen LogP contribution < -0.4 is 5.32 Å². The van der Waals surface area contributed by atoms with Gasteiger partial charge < -0.3 is 10.4 Å². The highest BCUT2D eigenvalue weighted by Gasteiger charge is 2.32. The van der Waals surface area contributed by atoms with E-state index in [-0.39, 0.29) is 12.1 Å². The molecule has 0 radical (unpaired) electrons. The molecule has 2 nitrogen and oxygen atoms in total. The van der Waals surface area contributed by atoms with Crippen molar-refractivity contribution in [2.24, 2.45) is 0 Å². The van der Waals surface area contributed by atoms with Crippen LogP contribution in [-0.4, -0.2) is 28.8 Å². The van der Waals surface area contributed by atoms with Crippen molar-refractivity contribution in [1.29, 1.82) is 0 Å². The number of nitrogens with one attached hydrogen (secondary N) is 1. The van der Waals surface area contributed by atoms with Crippen molar-refractivity contribution >= 4 is 11.8 Å². The predicted molar refractivity (Wildman–Crippen MR) is 92.8 cm³/mol. The molecule has 0 aromatic heterocycles. The number of hydrogen-bond donors (Lipinski definition) is 2. The maximum atomic E-state index is 10.1. The highest BCUT2D eigenvalue weighted by atomic mass is 32.2. The first-order chi connectivity index (χ1) is 10.2. The van der Waals surface area contributed by atoms with Crippen LogP contribution in [0.3, 0.4) is 0 Å². The lowest BCUT2D eigenvalue weighted by atomic mass is 9.87. The second-order valence-electron chi connectivity index (χ2n) is 6.43. The maximum absolute atomic E-state index is 10.1. The molecule has 21 heavy (non-hydrogen) atoms. The Kier molecular flexibility index (Phi) is 6.59. The van der Waals surface area contributed by atoms with Gasteiger partial charge in [-0.15, -0.1) is 0 Å². The van der Waals surface area contributed by atoms with Crippen LogP contribution in [-0.2, 0) is 5.54 Å². The third kappa shape index (κ3) is 4.73. The van der Waals surface area contributed by atoms with Crippen molar-refractivity contribution in [3.8, 4) is 0 Å². The van der Waals surface area contributed by atoms with E-state index in [1.54, 1.807) is 0 Å². The molecular formula is C18H29NOS. The molecule has 0 aliphatic heterocycles. The van der Waals surface area contributed by atoms with Crippen molar-refractivity contribution in [2.45, 2.75) is 62.8 Å². The van der Waals surface area contributed by atoms with Gasteiger partial charge in [-0.05, 0) is 44.4 Å². The van der Waals surface area contributed by atoms with Gasteiger partial charge in [0.15, 0.2) is 0 Å². The average molecular weight is 308 g/mol. The van der Waals surface area contributed by atoms with Gasteiger partial charge in [0.1, 0.15) is 0 Å². The van der Waals surface area contributed by atoms with E-state index in [9.17, 15) is 5.11 Å². The fourth-order valence-corrected chi connectivity index (χ4v) is 4.75. The average Bonchev–Trinajstić information content (AvgIpc) is 3.00. The summed E-state index contributed by atoms with van der Waals surface area (Å²) in [7, 11) is 0. The summed E-state index contributed by atoms with van der Waals surface area (Å²) >= 11 is 2.10. The molecule has 0 saturated heterocycles. The van der Waals surface area contributed by atoms with E-state index < -0.39 is 0 Å². The number of aliphatic hydroxyl groups excluding tert-OH is 1. The first kappa shape index (κ1) is 16.9. The second kappa shape index (κ2) is 8.21. The van der Waals surface area contributed by atoms with E-state index >= 15 is 0 Å². The Morgan fingerprint density at radius 2 is 1.90 bits per heavy atom. The van der Waals surface area contributed by atoms with E-state index in [0.29, 0.717) is 6.04 Å². The van der Waals surface area contributed by atoms with Crippen LogP contribution in [0.5, 0.6) is 0 Å². The molecule has 0 amide bonds. The van der Waals surface area contributed by atoms with Gasteiger partial charge in [0, 0.05) is 11.3 Å². The molecule has 2 rings (SSSR count). The van der Waals surface area contributed by atoms with Gasteiger partial charge in [0.25, 0.3) is 0 Å². The van der Waals surface area contributed by atoms with Crippen LogP contribution in [0.1, 0.15) is 51.5 Å². The Morgan fingerprint density at radius 1 is 1.24 bits per heavy atom. The zero-order valence-corrected chi connectivity index (χ0v) is 14.2. The van der Waals surface area contributed by atoms with E-state index in [1.165, 1.54) is 31.2 Å². The summed E-state index contributed by atoms with van der Waals surface area (Å²) in [4.78, 5) is 0. The highest BCUT2D eigenvalue weighted by Crippen LogP contribution is 2.33. The molecule has 1 aliphatic carbocycles. The largest absolute Gasteiger partial charge is 0.394 e. The lowest BCUT2D eigenvalue weighted by Gasteiger charge is -2.36. The Bertz CT molecular complexity index is 403. The van der Waals surface area contributed by atoms with Crippen LogP contribution >= 0.6 is 11.8 Å². The molecule has 0 spiro atoms. The van der Waals surface area contributed by atoms with Crippen molar-refractivity contribution in [2.75, 3.05) is 12.4 Å². The molecule has 118 valence electrons. The zero-order valence-electron chi connectivity index (χ0n) is 13.3. The van der Waals surface area contributed by atoms with Crippen molar-refractivity contribution in [1.82, 2.24) is 5.32 Å². The monoisotopic (exact) mass is 307 g/mol. The van der Waals surface area contributed by atoms with Crippen LogP contribution in [0, 0.1) is 0 Å². The number of hydrogen-bond acceptors (Lipinski definition) is 3. The fourth-order valence-electron chi connectivity index (χ4n) is 3.28. The minimum absolute atomic E-state index is 0.153. The molecule has 2 N–H and O–H groups in total. The number of benzene rings is 1. The second-order valence-corrected chi connectivity index (χ2v) is 7.84.